The van der Waals surface area contributed by atoms with Gasteiger partial charge in [0.15, 0.2) is 0 Å². The molecule has 0 atom stereocenters. The van der Waals surface area contributed by atoms with Crippen LogP contribution >= 0.6 is 0 Å². The number of benzene rings is 1. The fraction of sp³-hybridized carbons (Fsp3) is 0.214. The van der Waals surface area contributed by atoms with E-state index in [9.17, 15) is 0 Å². The highest BCUT2D eigenvalue weighted by atomic mass is 14.8. The normalized spacial score (nSPS) is 18.3. The summed E-state index contributed by atoms with van der Waals surface area (Å²) in [5, 5.41) is 2.44. The van der Waals surface area contributed by atoms with Crippen LogP contribution in [0.15, 0.2) is 52.2 Å². The Morgan fingerprint density at radius 3 is 2.80 bits per heavy atom. The number of fused-ring (bicyclic) bond motifs is 2. The topological polar surface area (TPSA) is 12.4 Å². The van der Waals surface area contributed by atoms with E-state index in [0.717, 1.165) is 11.8 Å². The van der Waals surface area contributed by atoms with Crippen LogP contribution in [-0.4, -0.2) is 0 Å². The molecule has 3 rings (SSSR count). The molecule has 0 radical (unpaired) electrons. The van der Waals surface area contributed by atoms with Gasteiger partial charge in [0.2, 0.25) is 0 Å². The molecule has 74 valence electrons. The van der Waals surface area contributed by atoms with Crippen LogP contribution in [0.2, 0.25) is 0 Å². The molecule has 1 heteroatoms. The molecule has 0 bridgehead atoms. The highest BCUT2D eigenvalue weighted by Gasteiger charge is 2.18. The van der Waals surface area contributed by atoms with Gasteiger partial charge in [0.25, 0.3) is 0 Å². The molecule has 0 amide bonds. The van der Waals surface area contributed by atoms with E-state index in [-0.39, 0.29) is 0 Å². The molecule has 15 heavy (non-hydrogen) atoms. The number of hydrogen-bond acceptors (Lipinski definition) is 1. The summed E-state index contributed by atoms with van der Waals surface area (Å²) < 4.78 is 0. The second kappa shape index (κ2) is 2.93. The van der Waals surface area contributed by atoms with Crippen LogP contribution < -0.4 is 10.6 Å². The summed E-state index contributed by atoms with van der Waals surface area (Å²) in [6.07, 6.45) is 3.32. The average Bonchev–Trinajstić information content (AvgIpc) is 2.63. The zero-order valence-electron chi connectivity index (χ0n) is 9.04. The fourth-order valence-electron chi connectivity index (χ4n) is 2.25. The molecule has 0 fully saturated rings. The maximum Gasteiger partial charge on any atom is 0.0713 e. The highest BCUT2D eigenvalue weighted by Crippen LogP contribution is 2.30. The minimum atomic E-state index is 1.03. The van der Waals surface area contributed by atoms with E-state index in [0.29, 0.717) is 0 Å². The maximum atomic E-state index is 4.71. The Kier molecular flexibility index (Phi) is 1.69. The minimum absolute atomic E-state index is 1.03. The van der Waals surface area contributed by atoms with Crippen molar-refractivity contribution in [3.05, 3.63) is 57.8 Å². The molecule has 1 aliphatic heterocycles. The zero-order valence-corrected chi connectivity index (χ0v) is 9.04. The van der Waals surface area contributed by atoms with Gasteiger partial charge in [-0.25, -0.2) is 4.99 Å². The van der Waals surface area contributed by atoms with Crippen molar-refractivity contribution in [2.75, 3.05) is 0 Å². The molecule has 0 saturated carbocycles. The molecule has 2 aliphatic rings. The Labute approximate surface area is 89.2 Å². The van der Waals surface area contributed by atoms with Crippen molar-refractivity contribution in [2.45, 2.75) is 20.3 Å². The van der Waals surface area contributed by atoms with E-state index in [2.05, 4.69) is 44.2 Å². The number of allylic oxidation sites excluding steroid dienone is 4. The molecular formula is C14H13N. The summed E-state index contributed by atoms with van der Waals surface area (Å²) in [5.74, 6) is 0. The van der Waals surface area contributed by atoms with Gasteiger partial charge in [-0.15, -0.1) is 0 Å². The predicted octanol–water partition coefficient (Wildman–Crippen LogP) is 2.09. The minimum Gasteiger partial charge on any atom is -0.248 e. The first kappa shape index (κ1) is 8.66. The van der Waals surface area contributed by atoms with Crippen molar-refractivity contribution < 1.29 is 0 Å². The summed E-state index contributed by atoms with van der Waals surface area (Å²) in [4.78, 5) is 4.71. The van der Waals surface area contributed by atoms with Crippen molar-refractivity contribution in [1.82, 2.24) is 0 Å². The van der Waals surface area contributed by atoms with Gasteiger partial charge in [0, 0.05) is 5.22 Å². The Hall–Kier alpha value is -1.63. The van der Waals surface area contributed by atoms with Gasteiger partial charge >= 0.3 is 0 Å². The van der Waals surface area contributed by atoms with E-state index in [1.54, 1.807) is 0 Å². The molecule has 0 unspecified atom stereocenters. The summed E-state index contributed by atoms with van der Waals surface area (Å²) in [6.45, 7) is 4.33. The van der Waals surface area contributed by atoms with Crippen LogP contribution in [0.25, 0.3) is 5.57 Å². The van der Waals surface area contributed by atoms with Crippen molar-refractivity contribution in [1.29, 1.82) is 0 Å². The largest absolute Gasteiger partial charge is 0.248 e. The van der Waals surface area contributed by atoms with Gasteiger partial charge in [-0.05, 0) is 43.1 Å². The molecular weight excluding hydrogens is 182 g/mol. The maximum absolute atomic E-state index is 4.71. The molecule has 1 heterocycles. The Bertz CT molecular complexity index is 615. The monoisotopic (exact) mass is 195 g/mol. The SMILES string of the molecule is CC1=CCC2=c3ccccc3=NC2=C1C. The smallest absolute Gasteiger partial charge is 0.0713 e. The molecule has 1 aromatic carbocycles. The third-order valence-corrected chi connectivity index (χ3v) is 3.31. The number of hydrogen-bond donors (Lipinski definition) is 0. The van der Waals surface area contributed by atoms with Crippen molar-refractivity contribution in [2.24, 2.45) is 4.99 Å². The molecule has 1 aromatic rings. The summed E-state index contributed by atoms with van der Waals surface area (Å²) in [7, 11) is 0. The van der Waals surface area contributed by atoms with E-state index in [4.69, 9.17) is 4.99 Å². The average molecular weight is 195 g/mol. The summed E-state index contributed by atoms with van der Waals surface area (Å²) in [6, 6.07) is 8.40. The van der Waals surface area contributed by atoms with Crippen LogP contribution in [0.1, 0.15) is 20.3 Å². The lowest BCUT2D eigenvalue weighted by Crippen LogP contribution is -2.21. The van der Waals surface area contributed by atoms with Crippen LogP contribution in [0, 0.1) is 0 Å². The predicted molar refractivity (Wildman–Crippen MR) is 61.7 cm³/mol. The summed E-state index contributed by atoms with van der Waals surface area (Å²) in [5.41, 5.74) is 5.29. The number of nitrogens with zero attached hydrogens (tertiary/aromatic N) is 1. The van der Waals surface area contributed by atoms with Crippen LogP contribution in [0.3, 0.4) is 0 Å². The zero-order chi connectivity index (χ0) is 10.4. The molecule has 1 aliphatic carbocycles. The van der Waals surface area contributed by atoms with Gasteiger partial charge in [0.1, 0.15) is 0 Å². The van der Waals surface area contributed by atoms with Crippen molar-refractivity contribution in [3.8, 4) is 0 Å². The first-order chi connectivity index (χ1) is 7.27. The third kappa shape index (κ3) is 1.13. The van der Waals surface area contributed by atoms with Gasteiger partial charge in [-0.1, -0.05) is 24.3 Å². The van der Waals surface area contributed by atoms with E-state index >= 15 is 0 Å². The lowest BCUT2D eigenvalue weighted by Gasteiger charge is -2.13. The van der Waals surface area contributed by atoms with Crippen molar-refractivity contribution >= 4 is 5.57 Å². The van der Waals surface area contributed by atoms with Gasteiger partial charge in [-0.3, -0.25) is 0 Å². The van der Waals surface area contributed by atoms with E-state index in [1.165, 1.54) is 27.6 Å². The first-order valence-electron chi connectivity index (χ1n) is 5.33. The second-order valence-electron chi connectivity index (χ2n) is 4.17. The van der Waals surface area contributed by atoms with Crippen LogP contribution in [0.4, 0.5) is 0 Å². The highest BCUT2D eigenvalue weighted by molar-refractivity contribution is 5.72. The quantitative estimate of drug-likeness (QED) is 0.601. The van der Waals surface area contributed by atoms with Crippen LogP contribution in [-0.2, 0) is 0 Å². The number of para-hydroxylation sites is 1. The standard InChI is InChI=1S/C14H13N/c1-9-7-8-12-11-5-3-4-6-13(11)15-14(12)10(9)2/h3-7H,8H2,1-2H3. The molecule has 0 spiro atoms. The summed E-state index contributed by atoms with van der Waals surface area (Å²) >= 11 is 0. The van der Waals surface area contributed by atoms with Gasteiger partial charge in [0.05, 0.1) is 11.1 Å². The second-order valence-corrected chi connectivity index (χ2v) is 4.17. The lowest BCUT2D eigenvalue weighted by atomic mass is 9.93. The van der Waals surface area contributed by atoms with Crippen molar-refractivity contribution in [3.63, 3.8) is 0 Å². The Morgan fingerprint density at radius 2 is 1.93 bits per heavy atom. The van der Waals surface area contributed by atoms with Crippen LogP contribution in [0.5, 0.6) is 0 Å². The molecule has 0 saturated heterocycles. The Morgan fingerprint density at radius 1 is 1.13 bits per heavy atom. The Balaban J connectivity index is 2.42. The molecule has 0 aromatic heterocycles. The number of rotatable bonds is 0. The van der Waals surface area contributed by atoms with E-state index in [1.807, 2.05) is 0 Å². The first-order valence-corrected chi connectivity index (χ1v) is 5.33. The molecule has 1 nitrogen and oxygen atoms in total. The lowest BCUT2D eigenvalue weighted by molar-refractivity contribution is 1.15. The fourth-order valence-corrected chi connectivity index (χ4v) is 2.25. The van der Waals surface area contributed by atoms with Gasteiger partial charge in [-0.2, -0.15) is 0 Å². The van der Waals surface area contributed by atoms with Gasteiger partial charge < -0.3 is 0 Å². The third-order valence-electron chi connectivity index (χ3n) is 3.31. The van der Waals surface area contributed by atoms with E-state index < -0.39 is 0 Å². The molecule has 0 N–H and O–H groups in total.